The average Bonchev–Trinajstić information content (AvgIpc) is 2.87. The van der Waals surface area contributed by atoms with Crippen molar-refractivity contribution in [2.75, 3.05) is 4.72 Å². The van der Waals surface area contributed by atoms with Gasteiger partial charge in [0.25, 0.3) is 10.0 Å². The monoisotopic (exact) mass is 328 g/mol. The molecule has 0 aliphatic carbocycles. The van der Waals surface area contributed by atoms with Crippen molar-refractivity contribution >= 4 is 32.9 Å². The number of imidazole rings is 1. The van der Waals surface area contributed by atoms with Gasteiger partial charge in [0.05, 0.1) is 17.4 Å². The fraction of sp³-hybridized carbons (Fsp3) is 0.167. The van der Waals surface area contributed by atoms with E-state index < -0.39 is 15.8 Å². The molecule has 2 aromatic rings. The van der Waals surface area contributed by atoms with Crippen LogP contribution in [0.15, 0.2) is 29.4 Å². The highest BCUT2D eigenvalue weighted by Crippen LogP contribution is 2.22. The lowest BCUT2D eigenvalue weighted by atomic mass is 10.2. The summed E-state index contributed by atoms with van der Waals surface area (Å²) < 4.78 is 40.4. The summed E-state index contributed by atoms with van der Waals surface area (Å²) in [7, 11) is -3.93. The first-order valence-electron chi connectivity index (χ1n) is 6.00. The van der Waals surface area contributed by atoms with Gasteiger partial charge in [-0.2, -0.15) is 8.42 Å². The van der Waals surface area contributed by atoms with Crippen LogP contribution < -0.4 is 10.5 Å². The third kappa shape index (κ3) is 3.19. The van der Waals surface area contributed by atoms with Gasteiger partial charge in [-0.3, -0.25) is 4.72 Å². The second-order valence-electron chi connectivity index (χ2n) is 4.18. The number of hydrogen-bond acceptors (Lipinski definition) is 4. The topological polar surface area (TPSA) is 101 Å². The van der Waals surface area contributed by atoms with E-state index >= 15 is 0 Å². The molecule has 2 rings (SSSR count). The Bertz CT molecular complexity index is 786. The minimum Gasteiger partial charge on any atom is -0.389 e. The predicted molar refractivity (Wildman–Crippen MR) is 81.1 cm³/mol. The van der Waals surface area contributed by atoms with Crippen molar-refractivity contribution in [2.45, 2.75) is 18.4 Å². The highest BCUT2D eigenvalue weighted by atomic mass is 32.2. The molecule has 0 spiro atoms. The Morgan fingerprint density at radius 3 is 2.81 bits per heavy atom. The predicted octanol–water partition coefficient (Wildman–Crippen LogP) is 1.55. The molecule has 0 fully saturated rings. The number of hydrogen-bond donors (Lipinski definition) is 3. The number of halogens is 1. The van der Waals surface area contributed by atoms with Gasteiger partial charge in [0, 0.05) is 6.42 Å². The van der Waals surface area contributed by atoms with Crippen molar-refractivity contribution in [2.24, 2.45) is 5.73 Å². The van der Waals surface area contributed by atoms with Crippen LogP contribution in [-0.2, 0) is 16.4 Å². The Balaban J connectivity index is 2.42. The standard InChI is InChI=1S/C12H13FN4O2S2/c1-2-9-15-6-10(16-9)21(18,19)17-8-5-3-4-7(13)11(8)12(14)20/h3-6,17H,2H2,1H3,(H2,14,20)(H,15,16). The summed E-state index contributed by atoms with van der Waals surface area (Å²) in [5.41, 5.74) is 5.27. The second kappa shape index (κ2) is 5.78. The van der Waals surface area contributed by atoms with Crippen LogP contribution in [0.3, 0.4) is 0 Å². The maximum Gasteiger partial charge on any atom is 0.279 e. The molecule has 0 aliphatic heterocycles. The molecule has 0 saturated carbocycles. The number of aromatic nitrogens is 2. The summed E-state index contributed by atoms with van der Waals surface area (Å²) in [4.78, 5) is 6.35. The van der Waals surface area contributed by atoms with Crippen molar-refractivity contribution in [1.82, 2.24) is 9.97 Å². The molecule has 4 N–H and O–H groups in total. The van der Waals surface area contributed by atoms with Gasteiger partial charge in [-0.05, 0) is 12.1 Å². The molecule has 0 atom stereocenters. The summed E-state index contributed by atoms with van der Waals surface area (Å²) in [6, 6.07) is 3.89. The molecule has 1 aromatic carbocycles. The molecular weight excluding hydrogens is 315 g/mol. The van der Waals surface area contributed by atoms with Gasteiger partial charge >= 0.3 is 0 Å². The lowest BCUT2D eigenvalue weighted by Gasteiger charge is -2.11. The molecule has 0 unspecified atom stereocenters. The first-order chi connectivity index (χ1) is 9.85. The summed E-state index contributed by atoms with van der Waals surface area (Å²) in [6.07, 6.45) is 1.76. The maximum atomic E-state index is 13.7. The number of nitrogens with one attached hydrogen (secondary N) is 2. The largest absolute Gasteiger partial charge is 0.389 e. The van der Waals surface area contributed by atoms with Gasteiger partial charge in [-0.15, -0.1) is 0 Å². The molecule has 1 aromatic heterocycles. The van der Waals surface area contributed by atoms with E-state index in [0.29, 0.717) is 12.2 Å². The van der Waals surface area contributed by atoms with Gasteiger partial charge in [-0.1, -0.05) is 25.2 Å². The number of thiocarbonyl (C=S) groups is 1. The fourth-order valence-electron chi connectivity index (χ4n) is 1.72. The third-order valence-corrected chi connectivity index (χ3v) is 4.21. The molecule has 9 heteroatoms. The van der Waals surface area contributed by atoms with Crippen LogP contribution >= 0.6 is 12.2 Å². The molecule has 0 radical (unpaired) electrons. The Kier molecular flexibility index (Phi) is 4.24. The highest BCUT2D eigenvalue weighted by molar-refractivity contribution is 7.92. The molecule has 0 saturated heterocycles. The van der Waals surface area contributed by atoms with E-state index in [9.17, 15) is 12.8 Å². The zero-order valence-electron chi connectivity index (χ0n) is 11.1. The molecule has 0 amide bonds. The molecule has 6 nitrogen and oxygen atoms in total. The van der Waals surface area contributed by atoms with E-state index in [-0.39, 0.29) is 21.3 Å². The Hall–Kier alpha value is -2.00. The number of nitrogens with zero attached hydrogens (tertiary/aromatic N) is 1. The Morgan fingerprint density at radius 1 is 1.52 bits per heavy atom. The van der Waals surface area contributed by atoms with Crippen LogP contribution in [0.2, 0.25) is 0 Å². The first kappa shape index (κ1) is 15.4. The normalized spacial score (nSPS) is 11.3. The number of benzene rings is 1. The van der Waals surface area contributed by atoms with Crippen LogP contribution in [0.1, 0.15) is 18.3 Å². The highest BCUT2D eigenvalue weighted by Gasteiger charge is 2.20. The number of anilines is 1. The fourth-order valence-corrected chi connectivity index (χ4v) is 2.94. The molecule has 0 bridgehead atoms. The molecule has 0 aliphatic rings. The van der Waals surface area contributed by atoms with Gasteiger partial charge in [-0.25, -0.2) is 9.37 Å². The van der Waals surface area contributed by atoms with E-state index in [2.05, 4.69) is 14.7 Å². The van der Waals surface area contributed by atoms with Gasteiger partial charge < -0.3 is 10.7 Å². The zero-order chi connectivity index (χ0) is 15.6. The zero-order valence-corrected chi connectivity index (χ0v) is 12.7. The maximum absolute atomic E-state index is 13.7. The van der Waals surface area contributed by atoms with Gasteiger partial charge in [0.2, 0.25) is 0 Å². The van der Waals surface area contributed by atoms with Crippen molar-refractivity contribution in [1.29, 1.82) is 0 Å². The van der Waals surface area contributed by atoms with Crippen molar-refractivity contribution < 1.29 is 12.8 Å². The lowest BCUT2D eigenvalue weighted by Crippen LogP contribution is -2.19. The molecule has 112 valence electrons. The van der Waals surface area contributed by atoms with Crippen molar-refractivity contribution in [3.63, 3.8) is 0 Å². The first-order valence-corrected chi connectivity index (χ1v) is 7.89. The summed E-state index contributed by atoms with van der Waals surface area (Å²) in [5, 5.41) is -0.113. The summed E-state index contributed by atoms with van der Waals surface area (Å²) in [6.45, 7) is 1.83. The Morgan fingerprint density at radius 2 is 2.24 bits per heavy atom. The minimum atomic E-state index is -3.93. The number of H-pyrrole nitrogens is 1. The van der Waals surface area contributed by atoms with Crippen LogP contribution in [0.25, 0.3) is 0 Å². The number of sulfonamides is 1. The molecule has 21 heavy (non-hydrogen) atoms. The number of rotatable bonds is 5. The number of aromatic amines is 1. The number of nitrogens with two attached hydrogens (primary N) is 1. The van der Waals surface area contributed by atoms with Crippen molar-refractivity contribution in [3.8, 4) is 0 Å². The van der Waals surface area contributed by atoms with Gasteiger partial charge in [0.15, 0.2) is 5.03 Å². The van der Waals surface area contributed by atoms with Crippen LogP contribution in [0.5, 0.6) is 0 Å². The van der Waals surface area contributed by atoms with Crippen molar-refractivity contribution in [3.05, 3.63) is 41.6 Å². The van der Waals surface area contributed by atoms with E-state index in [1.165, 1.54) is 18.3 Å². The van der Waals surface area contributed by atoms with E-state index in [1.807, 2.05) is 6.92 Å². The van der Waals surface area contributed by atoms with Crippen LogP contribution in [0.4, 0.5) is 10.1 Å². The SMILES string of the molecule is CCc1ncc(S(=O)(=O)Nc2cccc(F)c2C(N)=S)[nH]1. The average molecular weight is 328 g/mol. The quantitative estimate of drug-likeness (QED) is 0.723. The second-order valence-corrected chi connectivity index (χ2v) is 6.27. The summed E-state index contributed by atoms with van der Waals surface area (Å²) >= 11 is 4.75. The molecular formula is C12H13FN4O2S2. The smallest absolute Gasteiger partial charge is 0.279 e. The van der Waals surface area contributed by atoms with Gasteiger partial charge in [0.1, 0.15) is 16.6 Å². The minimum absolute atomic E-state index is 0.0184. The van der Waals surface area contributed by atoms with E-state index in [1.54, 1.807) is 0 Å². The Labute approximate surface area is 126 Å². The molecule has 1 heterocycles. The van der Waals surface area contributed by atoms with E-state index in [4.69, 9.17) is 18.0 Å². The lowest BCUT2D eigenvalue weighted by molar-refractivity contribution is 0.597. The number of aryl methyl sites for hydroxylation is 1. The van der Waals surface area contributed by atoms with Crippen LogP contribution in [0, 0.1) is 5.82 Å². The van der Waals surface area contributed by atoms with Crippen LogP contribution in [-0.4, -0.2) is 23.4 Å². The van der Waals surface area contributed by atoms with E-state index in [0.717, 1.165) is 6.07 Å². The third-order valence-electron chi connectivity index (χ3n) is 2.73. The summed E-state index contributed by atoms with van der Waals surface area (Å²) in [5.74, 6) is -0.161.